The van der Waals surface area contributed by atoms with Crippen LogP contribution >= 0.6 is 12.2 Å². The molecule has 0 bridgehead atoms. The molecule has 1 heterocycles. The van der Waals surface area contributed by atoms with Gasteiger partial charge in [-0.3, -0.25) is 0 Å². The highest BCUT2D eigenvalue weighted by Gasteiger charge is 2.10. The number of rotatable bonds is 4. The van der Waals surface area contributed by atoms with Crippen molar-refractivity contribution in [1.29, 1.82) is 0 Å². The Hall–Kier alpha value is -3.77. The lowest BCUT2D eigenvalue weighted by Crippen LogP contribution is -1.96. The molecule has 4 aromatic carbocycles. The predicted molar refractivity (Wildman–Crippen MR) is 124 cm³/mol. The number of methoxy groups -OCH3 is 1. The second kappa shape index (κ2) is 7.57. The molecule has 0 unspecified atom stereocenters. The summed E-state index contributed by atoms with van der Waals surface area (Å²) in [7, 11) is 1.64. The molecule has 1 aromatic heterocycles. The van der Waals surface area contributed by atoms with Crippen LogP contribution in [0.25, 0.3) is 32.9 Å². The average Bonchev–Trinajstić information content (AvgIpc) is 3.17. The number of ether oxygens (including phenoxy) is 1. The van der Waals surface area contributed by atoms with E-state index in [1.807, 2.05) is 54.7 Å². The monoisotopic (exact) mass is 410 g/mol. The second-order valence-corrected chi connectivity index (χ2v) is 7.26. The molecule has 0 aliphatic rings. The molecular weight excluding hydrogens is 392 g/mol. The Bertz CT molecular complexity index is 1390. The van der Waals surface area contributed by atoms with Gasteiger partial charge in [-0.1, -0.05) is 48.5 Å². The number of nitrogens with zero attached hydrogens (tertiary/aromatic N) is 3. The van der Waals surface area contributed by atoms with Crippen molar-refractivity contribution < 1.29 is 4.74 Å². The van der Waals surface area contributed by atoms with Gasteiger partial charge in [-0.05, 0) is 64.1 Å². The van der Waals surface area contributed by atoms with Crippen molar-refractivity contribution in [1.82, 2.24) is 14.9 Å². The van der Waals surface area contributed by atoms with Gasteiger partial charge in [0.15, 0.2) is 5.82 Å². The molecule has 146 valence electrons. The van der Waals surface area contributed by atoms with Crippen LogP contribution in [-0.4, -0.2) is 28.2 Å². The van der Waals surface area contributed by atoms with Gasteiger partial charge in [0.05, 0.1) is 13.3 Å². The Labute approximate surface area is 178 Å². The van der Waals surface area contributed by atoms with Crippen LogP contribution in [0.15, 0.2) is 84.0 Å². The first kappa shape index (κ1) is 18.3. The molecule has 5 nitrogen and oxygen atoms in total. The van der Waals surface area contributed by atoms with Gasteiger partial charge in [-0.2, -0.15) is 14.9 Å². The van der Waals surface area contributed by atoms with E-state index < -0.39 is 0 Å². The van der Waals surface area contributed by atoms with Gasteiger partial charge < -0.3 is 4.74 Å². The van der Waals surface area contributed by atoms with Crippen molar-refractivity contribution in [3.63, 3.8) is 0 Å². The van der Waals surface area contributed by atoms with Gasteiger partial charge in [0.1, 0.15) is 5.75 Å². The van der Waals surface area contributed by atoms with E-state index in [1.165, 1.54) is 10.8 Å². The smallest absolute Gasteiger partial charge is 0.216 e. The zero-order valence-corrected chi connectivity index (χ0v) is 17.1. The number of hydrogen-bond acceptors (Lipinski definition) is 4. The van der Waals surface area contributed by atoms with Crippen LogP contribution in [0.3, 0.4) is 0 Å². The third-order valence-corrected chi connectivity index (χ3v) is 5.38. The number of aromatic nitrogens is 3. The van der Waals surface area contributed by atoms with Crippen molar-refractivity contribution in [3.8, 4) is 17.1 Å². The molecule has 5 rings (SSSR count). The van der Waals surface area contributed by atoms with Gasteiger partial charge in [-0.25, -0.2) is 5.10 Å². The highest BCUT2D eigenvalue weighted by molar-refractivity contribution is 7.71. The van der Waals surface area contributed by atoms with Crippen molar-refractivity contribution in [3.05, 3.63) is 89.2 Å². The standard InChI is InChI=1S/C24H18N4OS/c1-29-19-12-10-16(11-13-19)23-26-27-24(30)28(23)25-15-22-20-8-4-2-6-17(20)14-18-7-3-5-9-21(18)22/h2-15H,1H3,(H,27,30)/b25-15-. The fourth-order valence-corrected chi connectivity index (χ4v) is 3.81. The summed E-state index contributed by atoms with van der Waals surface area (Å²) in [6, 6.07) is 26.5. The summed E-state index contributed by atoms with van der Waals surface area (Å²) >= 11 is 5.44. The van der Waals surface area contributed by atoms with Crippen molar-refractivity contribution in [2.75, 3.05) is 7.11 Å². The van der Waals surface area contributed by atoms with Gasteiger partial charge in [0.25, 0.3) is 0 Å². The van der Waals surface area contributed by atoms with Crippen molar-refractivity contribution in [2.24, 2.45) is 5.10 Å². The lowest BCUT2D eigenvalue weighted by Gasteiger charge is -2.08. The Kier molecular flexibility index (Phi) is 4.61. The van der Waals surface area contributed by atoms with E-state index >= 15 is 0 Å². The number of hydrogen-bond donors (Lipinski definition) is 1. The highest BCUT2D eigenvalue weighted by atomic mass is 32.1. The molecule has 0 spiro atoms. The first-order valence-electron chi connectivity index (χ1n) is 9.51. The van der Waals surface area contributed by atoms with Gasteiger partial charge in [0.2, 0.25) is 4.77 Å². The first-order valence-corrected chi connectivity index (χ1v) is 9.92. The lowest BCUT2D eigenvalue weighted by molar-refractivity contribution is 0.415. The van der Waals surface area contributed by atoms with E-state index in [0.717, 1.165) is 27.6 Å². The summed E-state index contributed by atoms with van der Waals surface area (Å²) in [5.74, 6) is 1.42. The highest BCUT2D eigenvalue weighted by Crippen LogP contribution is 2.27. The van der Waals surface area contributed by atoms with Gasteiger partial charge >= 0.3 is 0 Å². The zero-order valence-electron chi connectivity index (χ0n) is 16.2. The van der Waals surface area contributed by atoms with E-state index in [0.29, 0.717) is 10.6 Å². The Morgan fingerprint density at radius 1 is 0.933 bits per heavy atom. The summed E-state index contributed by atoms with van der Waals surface area (Å²) in [6.07, 6.45) is 1.86. The fraction of sp³-hybridized carbons (Fsp3) is 0.0417. The van der Waals surface area contributed by atoms with E-state index in [4.69, 9.17) is 22.1 Å². The summed E-state index contributed by atoms with van der Waals surface area (Å²) < 4.78 is 7.32. The first-order chi connectivity index (χ1) is 14.7. The molecule has 5 aromatic rings. The summed E-state index contributed by atoms with van der Waals surface area (Å²) in [5.41, 5.74) is 1.94. The quantitative estimate of drug-likeness (QED) is 0.231. The second-order valence-electron chi connectivity index (χ2n) is 6.87. The number of benzene rings is 4. The number of nitrogens with one attached hydrogen (secondary N) is 1. The van der Waals surface area contributed by atoms with Crippen LogP contribution < -0.4 is 4.74 Å². The third kappa shape index (κ3) is 3.17. The normalized spacial score (nSPS) is 11.5. The molecule has 6 heteroatoms. The SMILES string of the molecule is COc1ccc(-c2n[nH]c(=S)n2/N=C\c2c3ccccc3cc3ccccc23)cc1. The van der Waals surface area contributed by atoms with E-state index in [9.17, 15) is 0 Å². The predicted octanol–water partition coefficient (Wildman–Crippen LogP) is 5.80. The van der Waals surface area contributed by atoms with Crippen molar-refractivity contribution in [2.45, 2.75) is 0 Å². The molecule has 0 atom stereocenters. The molecule has 0 fully saturated rings. The van der Waals surface area contributed by atoms with Crippen LogP contribution in [0.2, 0.25) is 0 Å². The number of aromatic amines is 1. The Balaban J connectivity index is 1.67. The largest absolute Gasteiger partial charge is 0.497 e. The fourth-order valence-electron chi connectivity index (χ4n) is 3.63. The van der Waals surface area contributed by atoms with E-state index in [-0.39, 0.29) is 0 Å². The topological polar surface area (TPSA) is 55.2 Å². The van der Waals surface area contributed by atoms with Crippen LogP contribution in [-0.2, 0) is 0 Å². The van der Waals surface area contributed by atoms with Gasteiger partial charge in [-0.15, -0.1) is 0 Å². The third-order valence-electron chi connectivity index (χ3n) is 5.11. The maximum atomic E-state index is 5.44. The minimum Gasteiger partial charge on any atom is -0.497 e. The van der Waals surface area contributed by atoms with E-state index in [2.05, 4.69) is 40.5 Å². The maximum Gasteiger partial charge on any atom is 0.216 e. The maximum absolute atomic E-state index is 5.44. The minimum absolute atomic E-state index is 0.432. The minimum atomic E-state index is 0.432. The number of fused-ring (bicyclic) bond motifs is 2. The Morgan fingerprint density at radius 2 is 1.57 bits per heavy atom. The molecule has 0 radical (unpaired) electrons. The summed E-state index contributed by atoms with van der Waals surface area (Å²) in [5, 5.41) is 16.6. The molecule has 0 amide bonds. The van der Waals surface area contributed by atoms with Crippen LogP contribution in [0.1, 0.15) is 5.56 Å². The summed E-state index contributed by atoms with van der Waals surface area (Å²) in [4.78, 5) is 0. The van der Waals surface area contributed by atoms with Crippen molar-refractivity contribution >= 4 is 40.0 Å². The van der Waals surface area contributed by atoms with Gasteiger partial charge in [0, 0.05) is 11.1 Å². The summed E-state index contributed by atoms with van der Waals surface area (Å²) in [6.45, 7) is 0. The van der Waals surface area contributed by atoms with Crippen LogP contribution in [0.5, 0.6) is 5.75 Å². The molecular formula is C24H18N4OS. The van der Waals surface area contributed by atoms with E-state index in [1.54, 1.807) is 11.8 Å². The average molecular weight is 411 g/mol. The molecule has 0 aliphatic carbocycles. The molecule has 0 saturated carbocycles. The number of H-pyrrole nitrogens is 1. The molecule has 0 saturated heterocycles. The Morgan fingerprint density at radius 3 is 2.20 bits per heavy atom. The molecule has 0 aliphatic heterocycles. The zero-order chi connectivity index (χ0) is 20.5. The molecule has 1 N–H and O–H groups in total. The van der Waals surface area contributed by atoms with Crippen LogP contribution in [0, 0.1) is 4.77 Å². The van der Waals surface area contributed by atoms with Crippen LogP contribution in [0.4, 0.5) is 0 Å². The lowest BCUT2D eigenvalue weighted by atomic mass is 9.97. The molecule has 30 heavy (non-hydrogen) atoms.